The second kappa shape index (κ2) is 12.7. The molecule has 1 N–H and O–H groups in total. The van der Waals surface area contributed by atoms with E-state index in [1.165, 1.54) is 24.3 Å². The number of hydrogen-bond donors (Lipinski definition) is 1. The van der Waals surface area contributed by atoms with Crippen molar-refractivity contribution in [3.63, 3.8) is 0 Å². The van der Waals surface area contributed by atoms with E-state index in [0.29, 0.717) is 5.92 Å². The summed E-state index contributed by atoms with van der Waals surface area (Å²) in [5, 5.41) is 3.26. The topological polar surface area (TPSA) is 65.0 Å². The van der Waals surface area contributed by atoms with E-state index in [2.05, 4.69) is 34.0 Å². The minimum Gasteiger partial charge on any atom is -0.357 e. The Bertz CT molecular complexity index is 757. The lowest BCUT2D eigenvalue weighted by atomic mass is 10.1. The van der Waals surface area contributed by atoms with Gasteiger partial charge in [-0.1, -0.05) is 26.0 Å². The first-order valence-corrected chi connectivity index (χ1v) is 11.8. The van der Waals surface area contributed by atoms with E-state index in [-0.39, 0.29) is 41.2 Å². The van der Waals surface area contributed by atoms with Gasteiger partial charge in [0.25, 0.3) is 0 Å². The van der Waals surface area contributed by atoms with Crippen LogP contribution in [0, 0.1) is 11.7 Å². The summed E-state index contributed by atoms with van der Waals surface area (Å²) in [6.07, 6.45) is 1.11. The van der Waals surface area contributed by atoms with Gasteiger partial charge in [0.1, 0.15) is 10.7 Å². The van der Waals surface area contributed by atoms with Crippen molar-refractivity contribution in [2.45, 2.75) is 32.1 Å². The number of rotatable bonds is 9. The minimum atomic E-state index is -3.69. The molecule has 29 heavy (non-hydrogen) atoms. The van der Waals surface area contributed by atoms with Crippen LogP contribution < -0.4 is 5.32 Å². The molecule has 6 nitrogen and oxygen atoms in total. The number of likely N-dealkylation sites (tertiary alicyclic amines) is 1. The van der Waals surface area contributed by atoms with Crippen molar-refractivity contribution in [1.82, 2.24) is 15.1 Å². The second-order valence-electron chi connectivity index (χ2n) is 7.07. The summed E-state index contributed by atoms with van der Waals surface area (Å²) in [5.74, 6) is 0.413. The molecule has 0 amide bonds. The smallest absolute Gasteiger partial charge is 0.193 e. The van der Waals surface area contributed by atoms with Crippen molar-refractivity contribution in [1.29, 1.82) is 0 Å². The Morgan fingerprint density at radius 1 is 1.28 bits per heavy atom. The highest BCUT2D eigenvalue weighted by molar-refractivity contribution is 14.0. The molecular weight excluding hydrogens is 506 g/mol. The van der Waals surface area contributed by atoms with Gasteiger partial charge >= 0.3 is 0 Å². The third-order valence-electron chi connectivity index (χ3n) is 5.12. The molecule has 0 saturated carbocycles. The summed E-state index contributed by atoms with van der Waals surface area (Å²) in [4.78, 5) is 8.88. The predicted octanol–water partition coefficient (Wildman–Crippen LogP) is 2.85. The van der Waals surface area contributed by atoms with Gasteiger partial charge in [0, 0.05) is 26.2 Å². The summed E-state index contributed by atoms with van der Waals surface area (Å²) < 4.78 is 38.6. The van der Waals surface area contributed by atoms with Crippen molar-refractivity contribution in [3.05, 3.63) is 30.1 Å². The summed E-state index contributed by atoms with van der Waals surface area (Å²) in [6, 6.07) is 5.49. The first-order valence-electron chi connectivity index (χ1n) is 10.1. The molecule has 0 radical (unpaired) electrons. The lowest BCUT2D eigenvalue weighted by Crippen LogP contribution is -2.41. The predicted molar refractivity (Wildman–Crippen MR) is 127 cm³/mol. The summed E-state index contributed by atoms with van der Waals surface area (Å²) in [7, 11) is -3.69. The van der Waals surface area contributed by atoms with Crippen molar-refractivity contribution in [2.24, 2.45) is 10.9 Å². The molecule has 9 heteroatoms. The third-order valence-corrected chi connectivity index (χ3v) is 6.85. The van der Waals surface area contributed by atoms with Gasteiger partial charge in [0.05, 0.1) is 12.3 Å². The highest BCUT2D eigenvalue weighted by atomic mass is 127. The van der Waals surface area contributed by atoms with Gasteiger partial charge in [-0.2, -0.15) is 0 Å². The fourth-order valence-electron chi connectivity index (χ4n) is 3.53. The molecule has 0 aliphatic carbocycles. The second-order valence-corrected chi connectivity index (χ2v) is 9.15. The van der Waals surface area contributed by atoms with Gasteiger partial charge in [0.2, 0.25) is 0 Å². The Labute approximate surface area is 191 Å². The van der Waals surface area contributed by atoms with Crippen LogP contribution in [0.3, 0.4) is 0 Å². The van der Waals surface area contributed by atoms with Crippen molar-refractivity contribution in [3.8, 4) is 0 Å². The Hall–Kier alpha value is -0.940. The molecule has 1 aromatic carbocycles. The van der Waals surface area contributed by atoms with Crippen molar-refractivity contribution in [2.75, 3.05) is 51.6 Å². The van der Waals surface area contributed by atoms with E-state index in [4.69, 9.17) is 0 Å². The minimum absolute atomic E-state index is 0. The fraction of sp³-hybridized carbons (Fsp3) is 0.650. The van der Waals surface area contributed by atoms with E-state index in [1.807, 2.05) is 6.92 Å². The zero-order chi connectivity index (χ0) is 20.6. The van der Waals surface area contributed by atoms with E-state index in [1.54, 1.807) is 0 Å². The van der Waals surface area contributed by atoms with E-state index >= 15 is 0 Å². The van der Waals surface area contributed by atoms with Crippen molar-refractivity contribution < 1.29 is 12.8 Å². The Balaban J connectivity index is 0.00000420. The lowest BCUT2D eigenvalue weighted by Gasteiger charge is -2.24. The van der Waals surface area contributed by atoms with Crippen molar-refractivity contribution >= 4 is 39.8 Å². The Kier molecular flexibility index (Phi) is 11.4. The number of benzene rings is 1. The maximum absolute atomic E-state index is 13.8. The van der Waals surface area contributed by atoms with Crippen LogP contribution in [-0.2, 0) is 9.84 Å². The molecule has 1 heterocycles. The summed E-state index contributed by atoms with van der Waals surface area (Å²) in [5.41, 5.74) is 0. The number of aliphatic imine (C=N–C) groups is 1. The zero-order valence-electron chi connectivity index (χ0n) is 17.6. The Morgan fingerprint density at radius 3 is 2.59 bits per heavy atom. The van der Waals surface area contributed by atoms with Crippen LogP contribution in [0.1, 0.15) is 27.2 Å². The van der Waals surface area contributed by atoms with Crippen LogP contribution in [0.5, 0.6) is 0 Å². The molecule has 0 spiro atoms. The Morgan fingerprint density at radius 2 is 1.97 bits per heavy atom. The molecule has 1 atom stereocenters. The molecule has 166 valence electrons. The number of halogens is 2. The fourth-order valence-corrected chi connectivity index (χ4v) is 4.73. The number of hydrogen-bond acceptors (Lipinski definition) is 4. The van der Waals surface area contributed by atoms with Crippen LogP contribution in [0.4, 0.5) is 4.39 Å². The standard InChI is InChI=1S/C20H33FN4O2S.HI/c1-4-22-20(25-13-11-17(16-25)15-24(5-2)6-3)23-12-14-28(26,27)19-10-8-7-9-18(19)21;/h7-10,17H,4-6,11-16H2,1-3H3,(H,22,23);1H. The monoisotopic (exact) mass is 540 g/mol. The highest BCUT2D eigenvalue weighted by Gasteiger charge is 2.26. The van der Waals surface area contributed by atoms with E-state index in [0.717, 1.165) is 51.6 Å². The maximum Gasteiger partial charge on any atom is 0.193 e. The molecule has 0 aromatic heterocycles. The van der Waals surface area contributed by atoms with Crippen LogP contribution in [-0.4, -0.2) is 75.7 Å². The van der Waals surface area contributed by atoms with Gasteiger partial charge in [0.15, 0.2) is 15.8 Å². The molecule has 2 rings (SSSR count). The molecule has 1 aliphatic rings. The molecular formula is C20H34FIN4O2S. The van der Waals surface area contributed by atoms with Gasteiger partial charge < -0.3 is 15.1 Å². The van der Waals surface area contributed by atoms with Gasteiger partial charge in [-0.15, -0.1) is 24.0 Å². The average molecular weight is 540 g/mol. The number of guanidine groups is 1. The molecule has 1 fully saturated rings. The molecule has 1 aromatic rings. The number of sulfone groups is 1. The van der Waals surface area contributed by atoms with Gasteiger partial charge in [-0.3, -0.25) is 4.99 Å². The van der Waals surface area contributed by atoms with Gasteiger partial charge in [-0.25, -0.2) is 12.8 Å². The van der Waals surface area contributed by atoms with E-state index < -0.39 is 15.7 Å². The van der Waals surface area contributed by atoms with Crippen LogP contribution >= 0.6 is 24.0 Å². The highest BCUT2D eigenvalue weighted by Crippen LogP contribution is 2.18. The van der Waals surface area contributed by atoms with Crippen LogP contribution in [0.2, 0.25) is 0 Å². The normalized spacial score (nSPS) is 17.5. The SMILES string of the molecule is CCNC(=NCCS(=O)(=O)c1ccccc1F)N1CCC(CN(CC)CC)C1.I. The quantitative estimate of drug-likeness (QED) is 0.297. The van der Waals surface area contributed by atoms with Crippen LogP contribution in [0.15, 0.2) is 34.2 Å². The third kappa shape index (κ3) is 7.67. The van der Waals surface area contributed by atoms with Gasteiger partial charge in [-0.05, 0) is 44.5 Å². The first-order chi connectivity index (χ1) is 13.4. The zero-order valence-corrected chi connectivity index (χ0v) is 20.8. The molecule has 1 unspecified atom stereocenters. The first kappa shape index (κ1) is 26.1. The molecule has 1 aliphatic heterocycles. The van der Waals surface area contributed by atoms with Crippen LogP contribution in [0.25, 0.3) is 0 Å². The maximum atomic E-state index is 13.8. The average Bonchev–Trinajstić information content (AvgIpc) is 3.14. The number of nitrogens with one attached hydrogen (secondary N) is 1. The molecule has 0 bridgehead atoms. The largest absolute Gasteiger partial charge is 0.357 e. The molecule has 1 saturated heterocycles. The lowest BCUT2D eigenvalue weighted by molar-refractivity contribution is 0.255. The summed E-state index contributed by atoms with van der Waals surface area (Å²) >= 11 is 0. The number of nitrogens with zero attached hydrogens (tertiary/aromatic N) is 3. The summed E-state index contributed by atoms with van der Waals surface area (Å²) in [6.45, 7) is 12.2. The van der Waals surface area contributed by atoms with E-state index in [9.17, 15) is 12.8 Å².